The smallest absolute Gasteiger partial charge is 0.225 e. The van der Waals surface area contributed by atoms with Crippen LogP contribution in [0.5, 0.6) is 11.6 Å². The molecule has 0 aliphatic rings. The molecule has 0 aliphatic carbocycles. The fourth-order valence-corrected chi connectivity index (χ4v) is 1.51. The molecule has 18 heavy (non-hydrogen) atoms. The van der Waals surface area contributed by atoms with E-state index in [1.165, 1.54) is 6.07 Å². The van der Waals surface area contributed by atoms with E-state index in [0.29, 0.717) is 11.8 Å². The van der Waals surface area contributed by atoms with Gasteiger partial charge in [-0.25, -0.2) is 9.37 Å². The molecule has 0 spiro atoms. The molecule has 0 unspecified atom stereocenters. The van der Waals surface area contributed by atoms with Gasteiger partial charge in [-0.1, -0.05) is 6.07 Å². The number of nitrogens with one attached hydrogen (secondary N) is 1. The summed E-state index contributed by atoms with van der Waals surface area (Å²) in [5.74, 6) is 0.507. The van der Waals surface area contributed by atoms with Gasteiger partial charge in [-0.05, 0) is 31.5 Å². The monoisotopic (exact) mass is 247 g/mol. The van der Waals surface area contributed by atoms with Crippen molar-refractivity contribution in [3.8, 4) is 11.6 Å². The third-order valence-corrected chi connectivity index (χ3v) is 2.36. The van der Waals surface area contributed by atoms with Crippen molar-refractivity contribution in [2.75, 3.05) is 12.4 Å². The van der Waals surface area contributed by atoms with Gasteiger partial charge in [0.25, 0.3) is 0 Å². The first-order valence-corrected chi connectivity index (χ1v) is 5.56. The summed E-state index contributed by atoms with van der Waals surface area (Å²) in [6.07, 6.45) is 0. The Bertz CT molecular complexity index is 572. The molecule has 2 aromatic rings. The summed E-state index contributed by atoms with van der Waals surface area (Å²) < 4.78 is 19.0. The fraction of sp³-hybridized carbons (Fsp3) is 0.231. The zero-order valence-corrected chi connectivity index (χ0v) is 10.5. The van der Waals surface area contributed by atoms with Crippen molar-refractivity contribution >= 4 is 5.95 Å². The molecule has 4 nitrogen and oxygen atoms in total. The van der Waals surface area contributed by atoms with Gasteiger partial charge in [-0.3, -0.25) is 0 Å². The van der Waals surface area contributed by atoms with Gasteiger partial charge in [0.05, 0.1) is 0 Å². The minimum Gasteiger partial charge on any atom is -0.436 e. The summed E-state index contributed by atoms with van der Waals surface area (Å²) in [5.41, 5.74) is 1.67. The molecule has 0 amide bonds. The zero-order valence-electron chi connectivity index (χ0n) is 10.5. The number of nitrogens with zero attached hydrogens (tertiary/aromatic N) is 2. The van der Waals surface area contributed by atoms with Crippen molar-refractivity contribution in [1.82, 2.24) is 9.97 Å². The van der Waals surface area contributed by atoms with Crippen molar-refractivity contribution in [3.63, 3.8) is 0 Å². The van der Waals surface area contributed by atoms with E-state index < -0.39 is 5.82 Å². The molecule has 1 aromatic carbocycles. The third kappa shape index (κ3) is 2.74. The molecule has 0 bridgehead atoms. The lowest BCUT2D eigenvalue weighted by Gasteiger charge is -2.08. The predicted molar refractivity (Wildman–Crippen MR) is 67.5 cm³/mol. The number of anilines is 1. The van der Waals surface area contributed by atoms with E-state index in [-0.39, 0.29) is 5.75 Å². The van der Waals surface area contributed by atoms with Gasteiger partial charge >= 0.3 is 0 Å². The predicted octanol–water partition coefficient (Wildman–Crippen LogP) is 3.07. The number of ether oxygens (including phenoxy) is 1. The normalized spacial score (nSPS) is 10.2. The highest BCUT2D eigenvalue weighted by Gasteiger charge is 2.07. The summed E-state index contributed by atoms with van der Waals surface area (Å²) in [6.45, 7) is 3.69. The summed E-state index contributed by atoms with van der Waals surface area (Å²) in [6, 6.07) is 6.35. The summed E-state index contributed by atoms with van der Waals surface area (Å²) >= 11 is 0. The molecule has 5 heteroatoms. The standard InChI is InChI=1S/C13H14FN3O/c1-8-4-5-10(14)11(6-8)18-12-7-9(2)16-13(15-3)17-12/h4-7H,1-3H3,(H,15,16,17). The second-order valence-corrected chi connectivity index (χ2v) is 3.96. The van der Waals surface area contributed by atoms with Gasteiger partial charge in [0.15, 0.2) is 11.6 Å². The lowest BCUT2D eigenvalue weighted by Crippen LogP contribution is -2.00. The lowest BCUT2D eigenvalue weighted by molar-refractivity contribution is 0.426. The minimum absolute atomic E-state index is 0.162. The Hall–Kier alpha value is -2.17. The van der Waals surface area contributed by atoms with E-state index in [0.717, 1.165) is 11.3 Å². The molecule has 0 saturated heterocycles. The number of hydrogen-bond donors (Lipinski definition) is 1. The van der Waals surface area contributed by atoms with Crippen LogP contribution >= 0.6 is 0 Å². The van der Waals surface area contributed by atoms with E-state index in [1.54, 1.807) is 25.2 Å². The maximum absolute atomic E-state index is 13.6. The average molecular weight is 247 g/mol. The Morgan fingerprint density at radius 3 is 2.67 bits per heavy atom. The molecule has 0 radical (unpaired) electrons. The highest BCUT2D eigenvalue weighted by Crippen LogP contribution is 2.25. The molecule has 0 saturated carbocycles. The van der Waals surface area contributed by atoms with Crippen molar-refractivity contribution in [1.29, 1.82) is 0 Å². The van der Waals surface area contributed by atoms with Crippen molar-refractivity contribution < 1.29 is 9.13 Å². The van der Waals surface area contributed by atoms with Gasteiger partial charge in [-0.2, -0.15) is 4.98 Å². The van der Waals surface area contributed by atoms with E-state index in [9.17, 15) is 4.39 Å². The summed E-state index contributed by atoms with van der Waals surface area (Å²) in [7, 11) is 1.71. The molecule has 0 atom stereocenters. The molecular weight excluding hydrogens is 233 g/mol. The SMILES string of the molecule is CNc1nc(C)cc(Oc2cc(C)ccc2F)n1. The van der Waals surface area contributed by atoms with Crippen LogP contribution in [0.2, 0.25) is 0 Å². The average Bonchev–Trinajstić information content (AvgIpc) is 2.33. The van der Waals surface area contributed by atoms with Gasteiger partial charge < -0.3 is 10.1 Å². The number of benzene rings is 1. The quantitative estimate of drug-likeness (QED) is 0.905. The van der Waals surface area contributed by atoms with Crippen LogP contribution in [0.1, 0.15) is 11.3 Å². The molecule has 1 heterocycles. The van der Waals surface area contributed by atoms with Crippen LogP contribution in [0.15, 0.2) is 24.3 Å². The van der Waals surface area contributed by atoms with Gasteiger partial charge in [0.1, 0.15) is 0 Å². The number of aryl methyl sites for hydroxylation is 2. The van der Waals surface area contributed by atoms with Crippen molar-refractivity contribution in [2.24, 2.45) is 0 Å². The number of aromatic nitrogens is 2. The Balaban J connectivity index is 2.33. The van der Waals surface area contributed by atoms with Crippen LogP contribution in [0, 0.1) is 19.7 Å². The van der Waals surface area contributed by atoms with Crippen LogP contribution in [-0.4, -0.2) is 17.0 Å². The molecule has 0 aliphatic heterocycles. The zero-order chi connectivity index (χ0) is 13.1. The maximum atomic E-state index is 13.6. The molecular formula is C13H14FN3O. The number of rotatable bonds is 3. The highest BCUT2D eigenvalue weighted by molar-refractivity contribution is 5.35. The molecule has 94 valence electrons. The first-order valence-electron chi connectivity index (χ1n) is 5.56. The van der Waals surface area contributed by atoms with E-state index >= 15 is 0 Å². The Kier molecular flexibility index (Phi) is 3.41. The van der Waals surface area contributed by atoms with Gasteiger partial charge in [-0.15, -0.1) is 0 Å². The van der Waals surface area contributed by atoms with Crippen molar-refractivity contribution in [3.05, 3.63) is 41.3 Å². The topological polar surface area (TPSA) is 47.0 Å². The van der Waals surface area contributed by atoms with Crippen LogP contribution in [0.25, 0.3) is 0 Å². The summed E-state index contributed by atoms with van der Waals surface area (Å²) in [5, 5.41) is 2.82. The first-order chi connectivity index (χ1) is 8.58. The minimum atomic E-state index is -0.414. The van der Waals surface area contributed by atoms with Crippen molar-refractivity contribution in [2.45, 2.75) is 13.8 Å². The van der Waals surface area contributed by atoms with Crippen LogP contribution < -0.4 is 10.1 Å². The van der Waals surface area contributed by atoms with Crippen LogP contribution in [0.4, 0.5) is 10.3 Å². The second kappa shape index (κ2) is 5.00. The lowest BCUT2D eigenvalue weighted by atomic mass is 10.2. The van der Waals surface area contributed by atoms with Gasteiger partial charge in [0, 0.05) is 18.8 Å². The first kappa shape index (κ1) is 12.3. The fourth-order valence-electron chi connectivity index (χ4n) is 1.51. The Morgan fingerprint density at radius 1 is 1.17 bits per heavy atom. The van der Waals surface area contributed by atoms with Crippen LogP contribution in [-0.2, 0) is 0 Å². The molecule has 1 aromatic heterocycles. The van der Waals surface area contributed by atoms with Gasteiger partial charge in [0.2, 0.25) is 11.8 Å². The largest absolute Gasteiger partial charge is 0.436 e. The maximum Gasteiger partial charge on any atom is 0.225 e. The van der Waals surface area contributed by atoms with E-state index in [1.807, 2.05) is 13.8 Å². The van der Waals surface area contributed by atoms with E-state index in [2.05, 4.69) is 15.3 Å². The van der Waals surface area contributed by atoms with Crippen LogP contribution in [0.3, 0.4) is 0 Å². The number of halogens is 1. The molecule has 0 fully saturated rings. The third-order valence-electron chi connectivity index (χ3n) is 2.36. The number of hydrogen-bond acceptors (Lipinski definition) is 4. The Morgan fingerprint density at radius 2 is 1.94 bits per heavy atom. The second-order valence-electron chi connectivity index (χ2n) is 3.96. The molecule has 2 rings (SSSR count). The summed E-state index contributed by atoms with van der Waals surface area (Å²) in [4.78, 5) is 8.24. The van der Waals surface area contributed by atoms with E-state index in [4.69, 9.17) is 4.74 Å². The highest BCUT2D eigenvalue weighted by atomic mass is 19.1. The molecule has 1 N–H and O–H groups in total. The Labute approximate surface area is 105 Å².